The molecule has 0 saturated heterocycles. The summed E-state index contributed by atoms with van der Waals surface area (Å²) in [6.45, 7) is 0. The molecule has 0 aliphatic heterocycles. The van der Waals surface area contributed by atoms with Crippen LogP contribution in [-0.2, 0) is 5.54 Å². The lowest BCUT2D eigenvalue weighted by molar-refractivity contribution is 0.0794. The highest BCUT2D eigenvalue weighted by atomic mass is 35.5. The maximum absolute atomic E-state index is 13.3. The van der Waals surface area contributed by atoms with Crippen molar-refractivity contribution < 1.29 is 9.18 Å². The van der Waals surface area contributed by atoms with E-state index >= 15 is 0 Å². The fourth-order valence-corrected chi connectivity index (χ4v) is 2.51. The third kappa shape index (κ3) is 3.11. The summed E-state index contributed by atoms with van der Waals surface area (Å²) in [7, 11) is 1.45. The average molecular weight is 336 g/mol. The smallest absolute Gasteiger partial charge is 0.270 e. The first-order valence-corrected chi connectivity index (χ1v) is 7.38. The van der Waals surface area contributed by atoms with Crippen LogP contribution in [0.15, 0.2) is 30.6 Å². The molecule has 1 amide bonds. The van der Waals surface area contributed by atoms with Crippen LogP contribution in [0.4, 0.5) is 10.3 Å². The summed E-state index contributed by atoms with van der Waals surface area (Å²) in [6, 6.07) is 4.65. The third-order valence-electron chi connectivity index (χ3n) is 3.79. The molecule has 0 bridgehead atoms. The zero-order valence-electron chi connectivity index (χ0n) is 12.4. The quantitative estimate of drug-likeness (QED) is 0.509. The lowest BCUT2D eigenvalue weighted by atomic mass is 10.1. The number of aromatic nitrogens is 2. The van der Waals surface area contributed by atoms with Crippen molar-refractivity contribution in [2.45, 2.75) is 18.4 Å². The number of carbonyl (C=O) groups excluding carboxylic acids is 1. The van der Waals surface area contributed by atoms with Crippen LogP contribution in [-0.4, -0.2) is 27.9 Å². The summed E-state index contributed by atoms with van der Waals surface area (Å²) in [4.78, 5) is 20.0. The number of hydrogen-bond donors (Lipinski definition) is 2. The van der Waals surface area contributed by atoms with E-state index in [-0.39, 0.29) is 16.5 Å². The van der Waals surface area contributed by atoms with E-state index in [9.17, 15) is 9.18 Å². The second kappa shape index (κ2) is 5.75. The molecule has 3 N–H and O–H groups in total. The van der Waals surface area contributed by atoms with E-state index in [1.54, 1.807) is 12.1 Å². The largest absolute Gasteiger partial charge is 0.345 e. The number of amides is 1. The maximum atomic E-state index is 13.3. The van der Waals surface area contributed by atoms with E-state index in [4.69, 9.17) is 17.4 Å². The second-order valence-electron chi connectivity index (χ2n) is 5.55. The number of hydrogen-bond acceptors (Lipinski definition) is 5. The number of rotatable bonds is 4. The normalized spacial score (nSPS) is 15.1. The minimum atomic E-state index is -0.448. The molecule has 1 aromatic carbocycles. The predicted octanol–water partition coefficient (Wildman–Crippen LogP) is 2.32. The molecule has 1 aromatic heterocycles. The zero-order chi connectivity index (χ0) is 16.6. The molecule has 8 heteroatoms. The Balaban J connectivity index is 1.78. The molecule has 0 atom stereocenters. The molecule has 1 fully saturated rings. The molecule has 1 aliphatic rings. The summed E-state index contributed by atoms with van der Waals surface area (Å²) < 4.78 is 13.3. The molecule has 1 heterocycles. The molecule has 0 radical (unpaired) electrons. The first-order valence-electron chi connectivity index (χ1n) is 7.00. The SMILES string of the molecule is CN(N)C(=O)c1cnc(NC2(c3ccc(F)c(Cl)c3)CC2)nc1. The summed E-state index contributed by atoms with van der Waals surface area (Å²) in [5.41, 5.74) is 0.845. The maximum Gasteiger partial charge on any atom is 0.270 e. The van der Waals surface area contributed by atoms with Gasteiger partial charge in [-0.1, -0.05) is 17.7 Å². The van der Waals surface area contributed by atoms with Crippen LogP contribution in [0.3, 0.4) is 0 Å². The van der Waals surface area contributed by atoms with Gasteiger partial charge in [0.2, 0.25) is 5.95 Å². The van der Waals surface area contributed by atoms with E-state index < -0.39 is 5.82 Å². The van der Waals surface area contributed by atoms with Crippen molar-refractivity contribution in [3.8, 4) is 0 Å². The topological polar surface area (TPSA) is 84.1 Å². The molecular weight excluding hydrogens is 321 g/mol. The first-order chi connectivity index (χ1) is 10.9. The van der Waals surface area contributed by atoms with Gasteiger partial charge in [0.15, 0.2) is 0 Å². The van der Waals surface area contributed by atoms with Gasteiger partial charge in [-0.3, -0.25) is 9.80 Å². The van der Waals surface area contributed by atoms with Crippen molar-refractivity contribution in [3.63, 3.8) is 0 Å². The van der Waals surface area contributed by atoms with Crippen LogP contribution in [0.2, 0.25) is 5.02 Å². The highest BCUT2D eigenvalue weighted by Gasteiger charge is 2.45. The number of hydrazine groups is 1. The third-order valence-corrected chi connectivity index (χ3v) is 4.08. The Morgan fingerprint density at radius 1 is 1.39 bits per heavy atom. The second-order valence-corrected chi connectivity index (χ2v) is 5.95. The van der Waals surface area contributed by atoms with Crippen LogP contribution >= 0.6 is 11.6 Å². The number of anilines is 1. The van der Waals surface area contributed by atoms with Gasteiger partial charge < -0.3 is 5.32 Å². The van der Waals surface area contributed by atoms with Gasteiger partial charge in [-0.15, -0.1) is 0 Å². The Morgan fingerprint density at radius 2 is 2.04 bits per heavy atom. The van der Waals surface area contributed by atoms with Gasteiger partial charge >= 0.3 is 0 Å². The minimum absolute atomic E-state index is 0.0865. The van der Waals surface area contributed by atoms with Gasteiger partial charge in [-0.05, 0) is 30.5 Å². The Kier molecular flexibility index (Phi) is 3.91. The van der Waals surface area contributed by atoms with Gasteiger partial charge in [0.25, 0.3) is 5.91 Å². The highest BCUT2D eigenvalue weighted by Crippen LogP contribution is 2.48. The summed E-state index contributed by atoms with van der Waals surface area (Å²) in [5.74, 6) is 4.96. The lowest BCUT2D eigenvalue weighted by Crippen LogP contribution is -2.33. The summed E-state index contributed by atoms with van der Waals surface area (Å²) >= 11 is 5.85. The number of nitrogens with zero attached hydrogens (tertiary/aromatic N) is 3. The number of benzene rings is 1. The van der Waals surface area contributed by atoms with Gasteiger partial charge in [0, 0.05) is 19.4 Å². The van der Waals surface area contributed by atoms with E-state index in [2.05, 4.69) is 15.3 Å². The molecule has 3 rings (SSSR count). The zero-order valence-corrected chi connectivity index (χ0v) is 13.1. The fourth-order valence-electron chi connectivity index (χ4n) is 2.33. The standard InChI is InChI=1S/C15H15ClFN5O/c1-22(18)13(23)9-7-19-14(20-8-9)21-15(4-5-15)10-2-3-12(17)11(16)6-10/h2-3,6-8H,4-5,18H2,1H3,(H,19,20,21). The van der Waals surface area contributed by atoms with Gasteiger partial charge in [0.05, 0.1) is 16.1 Å². The Labute approximate surface area is 137 Å². The van der Waals surface area contributed by atoms with Gasteiger partial charge in [0.1, 0.15) is 5.82 Å². The number of nitrogens with one attached hydrogen (secondary N) is 1. The predicted molar refractivity (Wildman–Crippen MR) is 84.3 cm³/mol. The number of halogens is 2. The van der Waals surface area contributed by atoms with Crippen molar-refractivity contribution in [2.24, 2.45) is 5.84 Å². The summed E-state index contributed by atoms with van der Waals surface area (Å²) in [6.07, 6.45) is 4.55. The first kappa shape index (κ1) is 15.6. The van der Waals surface area contributed by atoms with Crippen LogP contribution in [0, 0.1) is 5.82 Å². The van der Waals surface area contributed by atoms with E-state index in [0.29, 0.717) is 11.5 Å². The number of nitrogens with two attached hydrogens (primary N) is 1. The van der Waals surface area contributed by atoms with Crippen molar-refractivity contribution in [3.05, 3.63) is 52.6 Å². The van der Waals surface area contributed by atoms with Crippen molar-refractivity contribution >= 4 is 23.5 Å². The Hall–Kier alpha value is -2.25. The highest BCUT2D eigenvalue weighted by molar-refractivity contribution is 6.30. The average Bonchev–Trinajstić information content (AvgIpc) is 3.30. The van der Waals surface area contributed by atoms with Crippen LogP contribution < -0.4 is 11.2 Å². The Bertz CT molecular complexity index is 746. The molecule has 0 spiro atoms. The number of carbonyl (C=O) groups is 1. The van der Waals surface area contributed by atoms with E-state index in [0.717, 1.165) is 23.4 Å². The van der Waals surface area contributed by atoms with Crippen LogP contribution in [0.25, 0.3) is 0 Å². The van der Waals surface area contributed by atoms with Crippen molar-refractivity contribution in [2.75, 3.05) is 12.4 Å². The molecule has 1 aliphatic carbocycles. The molecule has 1 saturated carbocycles. The molecule has 2 aromatic rings. The van der Waals surface area contributed by atoms with E-state index in [1.807, 2.05) is 0 Å². The summed E-state index contributed by atoms with van der Waals surface area (Å²) in [5, 5.41) is 4.28. The fraction of sp³-hybridized carbons (Fsp3) is 0.267. The van der Waals surface area contributed by atoms with Gasteiger partial charge in [-0.2, -0.15) is 0 Å². The van der Waals surface area contributed by atoms with Crippen LogP contribution in [0.1, 0.15) is 28.8 Å². The van der Waals surface area contributed by atoms with Crippen molar-refractivity contribution in [1.29, 1.82) is 0 Å². The monoisotopic (exact) mass is 335 g/mol. The van der Waals surface area contributed by atoms with E-state index in [1.165, 1.54) is 25.5 Å². The molecule has 23 heavy (non-hydrogen) atoms. The molecule has 120 valence electrons. The molecule has 6 nitrogen and oxygen atoms in total. The van der Waals surface area contributed by atoms with Gasteiger partial charge in [-0.25, -0.2) is 20.2 Å². The molecule has 0 unspecified atom stereocenters. The minimum Gasteiger partial charge on any atom is -0.345 e. The van der Waals surface area contributed by atoms with Crippen LogP contribution in [0.5, 0.6) is 0 Å². The van der Waals surface area contributed by atoms with Crippen molar-refractivity contribution in [1.82, 2.24) is 15.0 Å². The Morgan fingerprint density at radius 3 is 2.57 bits per heavy atom. The molecular formula is C15H15ClFN5O. The lowest BCUT2D eigenvalue weighted by Gasteiger charge is -2.18.